The van der Waals surface area contributed by atoms with Crippen molar-refractivity contribution in [3.63, 3.8) is 0 Å². The van der Waals surface area contributed by atoms with E-state index in [-0.39, 0.29) is 0 Å². The lowest BCUT2D eigenvalue weighted by atomic mass is 9.89. The third-order valence-corrected chi connectivity index (χ3v) is 5.76. The first kappa shape index (κ1) is 16.9. The van der Waals surface area contributed by atoms with Gasteiger partial charge < -0.3 is 15.3 Å². The highest BCUT2D eigenvalue weighted by Crippen LogP contribution is 2.34. The molecule has 0 bridgehead atoms. The molecule has 0 aliphatic heterocycles. The van der Waals surface area contributed by atoms with Crippen molar-refractivity contribution in [2.24, 2.45) is 5.73 Å². The van der Waals surface area contributed by atoms with Crippen molar-refractivity contribution in [2.45, 2.75) is 39.7 Å². The summed E-state index contributed by atoms with van der Waals surface area (Å²) in [6, 6.07) is 17.3. The van der Waals surface area contributed by atoms with E-state index in [1.165, 1.54) is 44.3 Å². The number of para-hydroxylation sites is 2. The van der Waals surface area contributed by atoms with E-state index in [1.807, 2.05) is 0 Å². The first-order valence-electron chi connectivity index (χ1n) is 9.49. The van der Waals surface area contributed by atoms with Crippen LogP contribution in [0.3, 0.4) is 0 Å². The molecule has 3 heteroatoms. The standard InChI is InChI=1S/C23H27N3/c1-4-26-16(3)20(18-9-6-8-12-22(18)26)13-17(14-24)23-15(2)25-21-11-7-5-10-19(21)23/h5-12,17,25H,4,13-14,24H2,1-3H3. The van der Waals surface area contributed by atoms with Gasteiger partial charge in [0.25, 0.3) is 0 Å². The van der Waals surface area contributed by atoms with Crippen molar-refractivity contribution in [2.75, 3.05) is 6.54 Å². The number of benzene rings is 2. The van der Waals surface area contributed by atoms with Gasteiger partial charge in [-0.25, -0.2) is 0 Å². The highest BCUT2D eigenvalue weighted by molar-refractivity contribution is 5.87. The molecule has 0 amide bonds. The molecule has 4 rings (SSSR count). The second-order valence-corrected chi connectivity index (χ2v) is 7.17. The van der Waals surface area contributed by atoms with Crippen LogP contribution in [0.25, 0.3) is 21.8 Å². The monoisotopic (exact) mass is 345 g/mol. The number of hydrogen-bond donors (Lipinski definition) is 2. The van der Waals surface area contributed by atoms with Gasteiger partial charge in [0.05, 0.1) is 0 Å². The van der Waals surface area contributed by atoms with Gasteiger partial charge in [0.15, 0.2) is 0 Å². The van der Waals surface area contributed by atoms with Crippen LogP contribution in [-0.2, 0) is 13.0 Å². The average molecular weight is 345 g/mol. The van der Waals surface area contributed by atoms with Crippen LogP contribution in [0.1, 0.15) is 35.4 Å². The van der Waals surface area contributed by atoms with E-state index in [0.29, 0.717) is 12.5 Å². The van der Waals surface area contributed by atoms with Crippen LogP contribution in [0.15, 0.2) is 48.5 Å². The quantitative estimate of drug-likeness (QED) is 0.523. The summed E-state index contributed by atoms with van der Waals surface area (Å²) < 4.78 is 2.42. The van der Waals surface area contributed by atoms with Gasteiger partial charge in [0.1, 0.15) is 0 Å². The summed E-state index contributed by atoms with van der Waals surface area (Å²) in [6.07, 6.45) is 0.971. The third-order valence-electron chi connectivity index (χ3n) is 5.76. The molecule has 26 heavy (non-hydrogen) atoms. The minimum absolute atomic E-state index is 0.306. The average Bonchev–Trinajstić information content (AvgIpc) is 3.13. The van der Waals surface area contributed by atoms with Gasteiger partial charge in [-0.05, 0) is 57.0 Å². The molecule has 1 unspecified atom stereocenters. The van der Waals surface area contributed by atoms with Crippen LogP contribution < -0.4 is 5.73 Å². The zero-order valence-corrected chi connectivity index (χ0v) is 15.8. The van der Waals surface area contributed by atoms with Crippen molar-refractivity contribution in [3.8, 4) is 0 Å². The predicted octanol–water partition coefficient (Wildman–Crippen LogP) is 5.04. The maximum Gasteiger partial charge on any atom is 0.0485 e. The van der Waals surface area contributed by atoms with Crippen molar-refractivity contribution in [3.05, 3.63) is 71.0 Å². The van der Waals surface area contributed by atoms with Gasteiger partial charge in [-0.2, -0.15) is 0 Å². The Morgan fingerprint density at radius 3 is 2.42 bits per heavy atom. The summed E-state index contributed by atoms with van der Waals surface area (Å²) in [5, 5.41) is 2.67. The summed E-state index contributed by atoms with van der Waals surface area (Å²) >= 11 is 0. The second kappa shape index (κ2) is 6.65. The first-order valence-corrected chi connectivity index (χ1v) is 9.49. The first-order chi connectivity index (χ1) is 12.7. The molecule has 3 nitrogen and oxygen atoms in total. The number of aryl methyl sites for hydroxylation is 2. The minimum atomic E-state index is 0.306. The SMILES string of the molecule is CCn1c(C)c(CC(CN)c2c(C)[nH]c3ccccc23)c2ccccc21. The molecule has 2 aromatic carbocycles. The van der Waals surface area contributed by atoms with Crippen LogP contribution in [-0.4, -0.2) is 16.1 Å². The summed E-state index contributed by atoms with van der Waals surface area (Å²) in [5.74, 6) is 0.306. The van der Waals surface area contributed by atoms with Crippen LogP contribution >= 0.6 is 0 Å². The third kappa shape index (κ3) is 2.55. The number of hydrogen-bond acceptors (Lipinski definition) is 1. The summed E-state index contributed by atoms with van der Waals surface area (Å²) in [7, 11) is 0. The number of fused-ring (bicyclic) bond motifs is 2. The van der Waals surface area contributed by atoms with Gasteiger partial charge in [0, 0.05) is 45.7 Å². The lowest BCUT2D eigenvalue weighted by molar-refractivity contribution is 0.685. The molecular formula is C23H27N3. The highest BCUT2D eigenvalue weighted by atomic mass is 15.0. The largest absolute Gasteiger partial charge is 0.358 e. The van der Waals surface area contributed by atoms with Gasteiger partial charge >= 0.3 is 0 Å². The lowest BCUT2D eigenvalue weighted by Gasteiger charge is -2.17. The van der Waals surface area contributed by atoms with E-state index < -0.39 is 0 Å². The van der Waals surface area contributed by atoms with Crippen LogP contribution in [0, 0.1) is 13.8 Å². The van der Waals surface area contributed by atoms with E-state index in [2.05, 4.69) is 78.9 Å². The zero-order valence-electron chi connectivity index (χ0n) is 15.8. The second-order valence-electron chi connectivity index (χ2n) is 7.17. The van der Waals surface area contributed by atoms with E-state index >= 15 is 0 Å². The molecule has 0 aliphatic rings. The lowest BCUT2D eigenvalue weighted by Crippen LogP contribution is -2.16. The summed E-state index contributed by atoms with van der Waals surface area (Å²) in [5.41, 5.74) is 14.2. The maximum atomic E-state index is 6.28. The molecule has 2 heterocycles. The smallest absolute Gasteiger partial charge is 0.0485 e. The van der Waals surface area contributed by atoms with Crippen molar-refractivity contribution in [1.29, 1.82) is 0 Å². The molecule has 4 aromatic rings. The Bertz CT molecular complexity index is 1070. The molecule has 3 N–H and O–H groups in total. The molecule has 0 fully saturated rings. The van der Waals surface area contributed by atoms with Gasteiger partial charge in [0.2, 0.25) is 0 Å². The number of nitrogens with zero attached hydrogens (tertiary/aromatic N) is 1. The Hall–Kier alpha value is -2.52. The molecule has 1 atom stereocenters. The number of aromatic nitrogens is 2. The molecule has 0 aliphatic carbocycles. The maximum absolute atomic E-state index is 6.28. The molecule has 0 spiro atoms. The van der Waals surface area contributed by atoms with Crippen molar-refractivity contribution in [1.82, 2.24) is 9.55 Å². The number of nitrogens with two attached hydrogens (primary N) is 1. The Morgan fingerprint density at radius 1 is 1.00 bits per heavy atom. The normalized spacial score (nSPS) is 12.9. The Morgan fingerprint density at radius 2 is 1.69 bits per heavy atom. The fourth-order valence-corrected chi connectivity index (χ4v) is 4.54. The Balaban J connectivity index is 1.84. The predicted molar refractivity (Wildman–Crippen MR) is 111 cm³/mol. The van der Waals surface area contributed by atoms with Crippen molar-refractivity contribution < 1.29 is 0 Å². The summed E-state index contributed by atoms with van der Waals surface area (Å²) in [6.45, 7) is 8.27. The summed E-state index contributed by atoms with van der Waals surface area (Å²) in [4.78, 5) is 3.54. The number of H-pyrrole nitrogens is 1. The molecule has 134 valence electrons. The molecule has 2 aromatic heterocycles. The topological polar surface area (TPSA) is 46.7 Å². The van der Waals surface area contributed by atoms with Crippen LogP contribution in [0.5, 0.6) is 0 Å². The highest BCUT2D eigenvalue weighted by Gasteiger charge is 2.22. The van der Waals surface area contributed by atoms with Gasteiger partial charge in [-0.15, -0.1) is 0 Å². The van der Waals surface area contributed by atoms with E-state index in [9.17, 15) is 0 Å². The molecular weight excluding hydrogens is 318 g/mol. The van der Waals surface area contributed by atoms with Gasteiger partial charge in [-0.3, -0.25) is 0 Å². The molecule has 0 radical (unpaired) electrons. The molecule has 0 saturated heterocycles. The number of aromatic amines is 1. The van der Waals surface area contributed by atoms with Gasteiger partial charge in [-0.1, -0.05) is 36.4 Å². The van der Waals surface area contributed by atoms with Crippen molar-refractivity contribution >= 4 is 21.8 Å². The van der Waals surface area contributed by atoms with E-state index in [1.54, 1.807) is 0 Å². The Kier molecular flexibility index (Phi) is 4.33. The molecule has 0 saturated carbocycles. The van der Waals surface area contributed by atoms with Crippen LogP contribution in [0.4, 0.5) is 0 Å². The van der Waals surface area contributed by atoms with E-state index in [0.717, 1.165) is 13.0 Å². The van der Waals surface area contributed by atoms with E-state index in [4.69, 9.17) is 5.73 Å². The zero-order chi connectivity index (χ0) is 18.3. The number of rotatable bonds is 5. The van der Waals surface area contributed by atoms with Crippen LogP contribution in [0.2, 0.25) is 0 Å². The Labute approximate surface area is 154 Å². The number of nitrogens with one attached hydrogen (secondary N) is 1. The fraction of sp³-hybridized carbons (Fsp3) is 0.304. The minimum Gasteiger partial charge on any atom is -0.358 e. The fourth-order valence-electron chi connectivity index (χ4n) is 4.54.